The number of nitrogen functional groups attached to an aromatic ring is 1. The Kier molecular flexibility index (Phi) is 5.15. The molecule has 1 aromatic carbocycles. The number of hydrogen-bond donors (Lipinski definition) is 2. The van der Waals surface area contributed by atoms with Gasteiger partial charge in [0, 0.05) is 30.4 Å². The number of ether oxygens (including phenoxy) is 1. The summed E-state index contributed by atoms with van der Waals surface area (Å²) in [5.41, 5.74) is 8.51. The van der Waals surface area contributed by atoms with Crippen molar-refractivity contribution in [3.05, 3.63) is 30.5 Å². The van der Waals surface area contributed by atoms with Crippen LogP contribution in [0.15, 0.2) is 30.5 Å². The molecule has 1 aromatic heterocycles. The van der Waals surface area contributed by atoms with Crippen LogP contribution >= 0.6 is 0 Å². The predicted octanol–water partition coefficient (Wildman–Crippen LogP) is 1.81. The van der Waals surface area contributed by atoms with Gasteiger partial charge in [-0.1, -0.05) is 12.1 Å². The Balaban J connectivity index is 1.89. The molecule has 0 bridgehead atoms. The van der Waals surface area contributed by atoms with Crippen LogP contribution in [0.2, 0.25) is 0 Å². The molecule has 5 heteroatoms. The van der Waals surface area contributed by atoms with Gasteiger partial charge in [-0.3, -0.25) is 4.98 Å². The smallest absolute Gasteiger partial charge is 0.0951 e. The van der Waals surface area contributed by atoms with Crippen molar-refractivity contribution >= 4 is 22.3 Å². The first-order valence-corrected chi connectivity index (χ1v) is 6.78. The summed E-state index contributed by atoms with van der Waals surface area (Å²) in [5.74, 6) is 0. The van der Waals surface area contributed by atoms with Crippen molar-refractivity contribution in [2.75, 3.05) is 51.4 Å². The number of aromatic nitrogens is 1. The summed E-state index contributed by atoms with van der Waals surface area (Å²) in [4.78, 5) is 6.42. The van der Waals surface area contributed by atoms with Crippen molar-refractivity contribution in [3.63, 3.8) is 0 Å². The maximum absolute atomic E-state index is 5.93. The molecule has 108 valence electrons. The van der Waals surface area contributed by atoms with Crippen molar-refractivity contribution in [2.24, 2.45) is 0 Å². The standard InChI is InChI=1S/C15H22N4O/c1-19(2)9-11-20-10-8-17-14-6-7-18-15-12(14)4-3-5-13(15)16/h3-7H,8-11,16H2,1-2H3,(H,17,18). The number of hydrogen-bond acceptors (Lipinski definition) is 5. The molecule has 0 spiro atoms. The van der Waals surface area contributed by atoms with Gasteiger partial charge in [-0.2, -0.15) is 0 Å². The lowest BCUT2D eigenvalue weighted by Gasteiger charge is -2.12. The molecule has 2 rings (SSSR count). The Labute approximate surface area is 119 Å². The zero-order valence-electron chi connectivity index (χ0n) is 12.1. The van der Waals surface area contributed by atoms with Gasteiger partial charge in [0.2, 0.25) is 0 Å². The van der Waals surface area contributed by atoms with E-state index in [4.69, 9.17) is 10.5 Å². The molecule has 3 N–H and O–H groups in total. The molecule has 0 aliphatic rings. The van der Waals surface area contributed by atoms with Crippen molar-refractivity contribution in [1.82, 2.24) is 9.88 Å². The third-order valence-electron chi connectivity index (χ3n) is 3.05. The first kappa shape index (κ1) is 14.6. The number of likely N-dealkylation sites (N-methyl/N-ethyl adjacent to an activating group) is 1. The van der Waals surface area contributed by atoms with E-state index in [0.29, 0.717) is 12.3 Å². The number of nitrogens with two attached hydrogens (primary N) is 1. The average Bonchev–Trinajstić information content (AvgIpc) is 2.43. The number of nitrogens with zero attached hydrogens (tertiary/aromatic N) is 2. The van der Waals surface area contributed by atoms with E-state index in [2.05, 4.69) is 15.2 Å². The maximum atomic E-state index is 5.93. The second kappa shape index (κ2) is 7.07. The van der Waals surface area contributed by atoms with Gasteiger partial charge in [0.1, 0.15) is 0 Å². The highest BCUT2D eigenvalue weighted by Crippen LogP contribution is 2.25. The summed E-state index contributed by atoms with van der Waals surface area (Å²) >= 11 is 0. The summed E-state index contributed by atoms with van der Waals surface area (Å²) in [6.07, 6.45) is 1.77. The van der Waals surface area contributed by atoms with Crippen molar-refractivity contribution in [1.29, 1.82) is 0 Å². The molecule has 2 aromatic rings. The third-order valence-corrected chi connectivity index (χ3v) is 3.05. The summed E-state index contributed by atoms with van der Waals surface area (Å²) in [6.45, 7) is 3.13. The molecular weight excluding hydrogens is 252 g/mol. The number of fused-ring (bicyclic) bond motifs is 1. The molecule has 0 fully saturated rings. The lowest BCUT2D eigenvalue weighted by Crippen LogP contribution is -2.20. The van der Waals surface area contributed by atoms with E-state index in [0.717, 1.165) is 36.3 Å². The van der Waals surface area contributed by atoms with Gasteiger partial charge in [-0.05, 0) is 26.2 Å². The molecule has 20 heavy (non-hydrogen) atoms. The molecule has 0 radical (unpaired) electrons. The normalized spacial score (nSPS) is 11.2. The van der Waals surface area contributed by atoms with Crippen LogP contribution in [0.25, 0.3) is 10.9 Å². The molecule has 1 heterocycles. The van der Waals surface area contributed by atoms with Gasteiger partial charge in [-0.25, -0.2) is 0 Å². The van der Waals surface area contributed by atoms with Crippen LogP contribution in [-0.4, -0.2) is 50.3 Å². The highest BCUT2D eigenvalue weighted by molar-refractivity contribution is 5.97. The minimum Gasteiger partial charge on any atom is -0.397 e. The van der Waals surface area contributed by atoms with E-state index in [1.54, 1.807) is 6.20 Å². The van der Waals surface area contributed by atoms with Crippen LogP contribution in [0.1, 0.15) is 0 Å². The van der Waals surface area contributed by atoms with E-state index in [-0.39, 0.29) is 0 Å². The number of anilines is 2. The molecule has 0 unspecified atom stereocenters. The van der Waals surface area contributed by atoms with Crippen molar-refractivity contribution in [3.8, 4) is 0 Å². The second-order valence-corrected chi connectivity index (χ2v) is 4.94. The number of nitrogens with one attached hydrogen (secondary N) is 1. The van der Waals surface area contributed by atoms with Crippen LogP contribution in [0.5, 0.6) is 0 Å². The maximum Gasteiger partial charge on any atom is 0.0951 e. The van der Waals surface area contributed by atoms with Gasteiger partial charge in [-0.15, -0.1) is 0 Å². The second-order valence-electron chi connectivity index (χ2n) is 4.94. The zero-order chi connectivity index (χ0) is 14.4. The molecule has 0 saturated carbocycles. The molecule has 0 aliphatic heterocycles. The number of para-hydroxylation sites is 1. The van der Waals surface area contributed by atoms with Gasteiger partial charge in [0.05, 0.1) is 24.4 Å². The fraction of sp³-hybridized carbons (Fsp3) is 0.400. The van der Waals surface area contributed by atoms with Crippen LogP contribution in [0.3, 0.4) is 0 Å². The molecule has 0 saturated heterocycles. The Morgan fingerprint density at radius 3 is 2.90 bits per heavy atom. The quantitative estimate of drug-likeness (QED) is 0.595. The largest absolute Gasteiger partial charge is 0.397 e. The highest BCUT2D eigenvalue weighted by atomic mass is 16.5. The Morgan fingerprint density at radius 2 is 2.10 bits per heavy atom. The van der Waals surface area contributed by atoms with Gasteiger partial charge < -0.3 is 20.7 Å². The predicted molar refractivity (Wildman–Crippen MR) is 84.0 cm³/mol. The number of pyridine rings is 1. The fourth-order valence-corrected chi connectivity index (χ4v) is 1.96. The minimum absolute atomic E-state index is 0.681. The molecule has 5 nitrogen and oxygen atoms in total. The molecule has 0 aliphatic carbocycles. The molecular formula is C15H22N4O. The van der Waals surface area contributed by atoms with E-state index in [9.17, 15) is 0 Å². The minimum atomic E-state index is 0.681. The fourth-order valence-electron chi connectivity index (χ4n) is 1.96. The van der Waals surface area contributed by atoms with E-state index >= 15 is 0 Å². The van der Waals surface area contributed by atoms with Crippen LogP contribution in [-0.2, 0) is 4.74 Å². The first-order valence-electron chi connectivity index (χ1n) is 6.78. The summed E-state index contributed by atoms with van der Waals surface area (Å²) in [7, 11) is 4.07. The van der Waals surface area contributed by atoms with Crippen LogP contribution in [0.4, 0.5) is 11.4 Å². The number of rotatable bonds is 7. The van der Waals surface area contributed by atoms with Gasteiger partial charge in [0.15, 0.2) is 0 Å². The number of benzene rings is 1. The molecule has 0 atom stereocenters. The lowest BCUT2D eigenvalue weighted by atomic mass is 10.1. The third kappa shape index (κ3) is 3.82. The molecule has 0 amide bonds. The summed E-state index contributed by atoms with van der Waals surface area (Å²) in [5, 5.41) is 4.41. The van der Waals surface area contributed by atoms with E-state index < -0.39 is 0 Å². The SMILES string of the molecule is CN(C)CCOCCNc1ccnc2c(N)cccc12. The Bertz CT molecular complexity index is 557. The topological polar surface area (TPSA) is 63.4 Å². The van der Waals surface area contributed by atoms with Gasteiger partial charge in [0.25, 0.3) is 0 Å². The highest BCUT2D eigenvalue weighted by Gasteiger charge is 2.03. The zero-order valence-corrected chi connectivity index (χ0v) is 12.1. The lowest BCUT2D eigenvalue weighted by molar-refractivity contribution is 0.126. The average molecular weight is 274 g/mol. The van der Waals surface area contributed by atoms with Gasteiger partial charge >= 0.3 is 0 Å². The first-order chi connectivity index (χ1) is 9.68. The van der Waals surface area contributed by atoms with Crippen molar-refractivity contribution < 1.29 is 4.74 Å². The van der Waals surface area contributed by atoms with Crippen molar-refractivity contribution in [2.45, 2.75) is 0 Å². The monoisotopic (exact) mass is 274 g/mol. The summed E-state index contributed by atoms with van der Waals surface area (Å²) in [6, 6.07) is 7.79. The summed E-state index contributed by atoms with van der Waals surface area (Å²) < 4.78 is 5.56. The van der Waals surface area contributed by atoms with E-state index in [1.165, 1.54) is 0 Å². The van der Waals surface area contributed by atoms with Crippen LogP contribution < -0.4 is 11.1 Å². The Hall–Kier alpha value is -1.85. The Morgan fingerprint density at radius 1 is 1.25 bits per heavy atom. The van der Waals surface area contributed by atoms with E-state index in [1.807, 2.05) is 38.4 Å². The van der Waals surface area contributed by atoms with Crippen LogP contribution in [0, 0.1) is 0 Å².